The molecule has 0 bridgehead atoms. The van der Waals surface area contributed by atoms with Gasteiger partial charge in [-0.25, -0.2) is 4.79 Å². The second-order valence-electron chi connectivity index (χ2n) is 8.10. The lowest BCUT2D eigenvalue weighted by Gasteiger charge is -2.26. The van der Waals surface area contributed by atoms with Gasteiger partial charge in [-0.3, -0.25) is 9.88 Å². The van der Waals surface area contributed by atoms with E-state index in [0.717, 1.165) is 29.5 Å². The van der Waals surface area contributed by atoms with Crippen molar-refractivity contribution in [3.63, 3.8) is 0 Å². The average molecular weight is 392 g/mol. The van der Waals surface area contributed by atoms with Crippen molar-refractivity contribution in [1.82, 2.24) is 20.0 Å². The first-order valence-corrected chi connectivity index (χ1v) is 9.75. The molecular weight excluding hydrogens is 368 g/mol. The van der Waals surface area contributed by atoms with Crippen molar-refractivity contribution < 1.29 is 14.1 Å². The third-order valence-corrected chi connectivity index (χ3v) is 4.76. The van der Waals surface area contributed by atoms with Gasteiger partial charge in [0.2, 0.25) is 11.7 Å². The maximum Gasteiger partial charge on any atom is 0.410 e. The smallest absolute Gasteiger partial charge is 0.410 e. The van der Waals surface area contributed by atoms with E-state index in [-0.39, 0.29) is 12.1 Å². The van der Waals surface area contributed by atoms with E-state index in [1.54, 1.807) is 17.3 Å². The third kappa shape index (κ3) is 4.29. The van der Waals surface area contributed by atoms with E-state index in [2.05, 4.69) is 15.1 Å². The number of rotatable bonds is 3. The SMILES string of the molecule is CC(C)(C)OC(=O)N1CCCC1c1nc(-c2ccc(-c3ccncc3)cc2)no1. The first-order chi connectivity index (χ1) is 13.9. The van der Waals surface area contributed by atoms with Crippen LogP contribution in [-0.4, -0.2) is 38.3 Å². The highest BCUT2D eigenvalue weighted by atomic mass is 16.6. The Labute approximate surface area is 169 Å². The molecule has 0 spiro atoms. The van der Waals surface area contributed by atoms with Crippen molar-refractivity contribution in [2.24, 2.45) is 0 Å². The van der Waals surface area contributed by atoms with Crippen molar-refractivity contribution in [1.29, 1.82) is 0 Å². The molecule has 1 aromatic carbocycles. The Morgan fingerprint density at radius 3 is 2.41 bits per heavy atom. The predicted molar refractivity (Wildman–Crippen MR) is 108 cm³/mol. The molecule has 2 aromatic heterocycles. The Bertz CT molecular complexity index is 977. The minimum absolute atomic E-state index is 0.248. The number of likely N-dealkylation sites (tertiary alicyclic amines) is 1. The summed E-state index contributed by atoms with van der Waals surface area (Å²) in [6, 6.07) is 11.6. The fourth-order valence-electron chi connectivity index (χ4n) is 3.41. The van der Waals surface area contributed by atoms with Gasteiger partial charge in [-0.05, 0) is 56.9 Å². The van der Waals surface area contributed by atoms with Crippen molar-refractivity contribution in [3.8, 4) is 22.5 Å². The fourth-order valence-corrected chi connectivity index (χ4v) is 3.41. The number of hydrogen-bond acceptors (Lipinski definition) is 6. The highest BCUT2D eigenvalue weighted by molar-refractivity contribution is 5.69. The summed E-state index contributed by atoms with van der Waals surface area (Å²) in [7, 11) is 0. The molecule has 1 aliphatic rings. The zero-order chi connectivity index (χ0) is 20.4. The van der Waals surface area contributed by atoms with E-state index in [4.69, 9.17) is 9.26 Å². The second-order valence-corrected chi connectivity index (χ2v) is 8.10. The van der Waals surface area contributed by atoms with Gasteiger partial charge in [0.1, 0.15) is 11.6 Å². The third-order valence-electron chi connectivity index (χ3n) is 4.76. The van der Waals surface area contributed by atoms with Gasteiger partial charge in [-0.2, -0.15) is 4.98 Å². The standard InChI is InChI=1S/C22H24N4O3/c1-22(2,3)28-21(27)26-14-4-5-18(26)20-24-19(25-29-20)17-8-6-15(7-9-17)16-10-12-23-13-11-16/h6-13,18H,4-5,14H2,1-3H3. The number of benzene rings is 1. The zero-order valence-corrected chi connectivity index (χ0v) is 16.8. The van der Waals surface area contributed by atoms with E-state index in [1.807, 2.05) is 57.2 Å². The van der Waals surface area contributed by atoms with Crippen molar-refractivity contribution >= 4 is 6.09 Å². The van der Waals surface area contributed by atoms with Crippen LogP contribution in [0, 0.1) is 0 Å². The number of amides is 1. The van der Waals surface area contributed by atoms with Crippen molar-refractivity contribution in [2.75, 3.05) is 6.54 Å². The predicted octanol–water partition coefficient (Wildman–Crippen LogP) is 4.87. The van der Waals surface area contributed by atoms with E-state index in [1.165, 1.54) is 0 Å². The van der Waals surface area contributed by atoms with Crippen molar-refractivity contribution in [2.45, 2.75) is 45.3 Å². The van der Waals surface area contributed by atoms with Gasteiger partial charge in [0, 0.05) is 24.5 Å². The number of carbonyl (C=O) groups is 1. The molecule has 1 atom stereocenters. The summed E-state index contributed by atoms with van der Waals surface area (Å²) < 4.78 is 11.0. The topological polar surface area (TPSA) is 81.4 Å². The molecule has 1 unspecified atom stereocenters. The first-order valence-electron chi connectivity index (χ1n) is 9.75. The largest absolute Gasteiger partial charge is 0.444 e. The summed E-state index contributed by atoms with van der Waals surface area (Å²) >= 11 is 0. The number of hydrogen-bond donors (Lipinski definition) is 0. The molecule has 29 heavy (non-hydrogen) atoms. The minimum atomic E-state index is -0.541. The molecule has 1 aliphatic heterocycles. The van der Waals surface area contributed by atoms with E-state index >= 15 is 0 Å². The Morgan fingerprint density at radius 2 is 1.72 bits per heavy atom. The molecule has 1 saturated heterocycles. The molecule has 3 heterocycles. The Hall–Kier alpha value is -3.22. The van der Waals surface area contributed by atoms with Gasteiger partial charge in [-0.15, -0.1) is 0 Å². The highest BCUT2D eigenvalue weighted by Crippen LogP contribution is 2.33. The Balaban J connectivity index is 1.51. The lowest BCUT2D eigenvalue weighted by Crippen LogP contribution is -2.36. The average Bonchev–Trinajstić information content (AvgIpc) is 3.37. The van der Waals surface area contributed by atoms with Gasteiger partial charge in [0.25, 0.3) is 0 Å². The van der Waals surface area contributed by atoms with Crippen LogP contribution in [0.3, 0.4) is 0 Å². The van der Waals surface area contributed by atoms with Crippen LogP contribution in [-0.2, 0) is 4.74 Å². The fraction of sp³-hybridized carbons (Fsp3) is 0.364. The van der Waals surface area contributed by atoms with E-state index < -0.39 is 5.60 Å². The Kier molecular flexibility index (Phi) is 5.05. The summed E-state index contributed by atoms with van der Waals surface area (Å²) in [5.41, 5.74) is 2.51. The van der Waals surface area contributed by atoms with E-state index in [0.29, 0.717) is 18.3 Å². The summed E-state index contributed by atoms with van der Waals surface area (Å²) in [6.45, 7) is 6.20. The molecule has 7 heteroatoms. The monoisotopic (exact) mass is 392 g/mol. The molecular formula is C22H24N4O3. The van der Waals surface area contributed by atoms with Crippen LogP contribution in [0.5, 0.6) is 0 Å². The van der Waals surface area contributed by atoms with Gasteiger partial charge in [0.15, 0.2) is 0 Å². The number of ether oxygens (including phenoxy) is 1. The molecule has 0 N–H and O–H groups in total. The van der Waals surface area contributed by atoms with Crippen LogP contribution >= 0.6 is 0 Å². The lowest BCUT2D eigenvalue weighted by atomic mass is 10.1. The molecule has 7 nitrogen and oxygen atoms in total. The molecule has 1 fully saturated rings. The second kappa shape index (κ2) is 7.66. The van der Waals surface area contributed by atoms with Gasteiger partial charge >= 0.3 is 6.09 Å². The highest BCUT2D eigenvalue weighted by Gasteiger charge is 2.36. The number of pyridine rings is 1. The van der Waals surface area contributed by atoms with E-state index in [9.17, 15) is 4.79 Å². The first kappa shape index (κ1) is 19.1. The maximum atomic E-state index is 12.5. The minimum Gasteiger partial charge on any atom is -0.444 e. The number of aromatic nitrogens is 3. The number of nitrogens with zero attached hydrogens (tertiary/aromatic N) is 4. The molecule has 150 valence electrons. The molecule has 0 saturated carbocycles. The number of carbonyl (C=O) groups excluding carboxylic acids is 1. The summed E-state index contributed by atoms with van der Waals surface area (Å²) in [5, 5.41) is 4.13. The summed E-state index contributed by atoms with van der Waals surface area (Å²) in [6.07, 6.45) is 4.85. The Morgan fingerprint density at radius 1 is 1.07 bits per heavy atom. The molecule has 0 aliphatic carbocycles. The van der Waals surface area contributed by atoms with Crippen LogP contribution in [0.15, 0.2) is 53.3 Å². The quantitative estimate of drug-likeness (QED) is 0.632. The van der Waals surface area contributed by atoms with Crippen LogP contribution in [0.4, 0.5) is 4.79 Å². The molecule has 0 radical (unpaired) electrons. The zero-order valence-electron chi connectivity index (χ0n) is 16.8. The normalized spacial score (nSPS) is 16.8. The molecule has 3 aromatic rings. The van der Waals surface area contributed by atoms with Gasteiger partial charge < -0.3 is 9.26 Å². The maximum absolute atomic E-state index is 12.5. The van der Waals surface area contributed by atoms with Crippen molar-refractivity contribution in [3.05, 3.63) is 54.7 Å². The van der Waals surface area contributed by atoms with Crippen LogP contribution in [0.25, 0.3) is 22.5 Å². The van der Waals surface area contributed by atoms with Gasteiger partial charge in [0.05, 0.1) is 0 Å². The van der Waals surface area contributed by atoms with Crippen LogP contribution in [0.1, 0.15) is 45.5 Å². The molecule has 4 rings (SSSR count). The molecule has 1 amide bonds. The lowest BCUT2D eigenvalue weighted by molar-refractivity contribution is 0.0199. The van der Waals surface area contributed by atoms with Crippen LogP contribution in [0.2, 0.25) is 0 Å². The van der Waals surface area contributed by atoms with Gasteiger partial charge in [-0.1, -0.05) is 29.4 Å². The van der Waals surface area contributed by atoms with Crippen LogP contribution < -0.4 is 0 Å². The summed E-state index contributed by atoms with van der Waals surface area (Å²) in [4.78, 5) is 22.8. The summed E-state index contributed by atoms with van der Waals surface area (Å²) in [5.74, 6) is 0.957.